The summed E-state index contributed by atoms with van der Waals surface area (Å²) in [7, 11) is 0. The average Bonchev–Trinajstić information content (AvgIpc) is 2.34. The summed E-state index contributed by atoms with van der Waals surface area (Å²) in [4.78, 5) is 1.54. The minimum absolute atomic E-state index is 0. The molecule has 1 heterocycles. The first-order valence-electron chi connectivity index (χ1n) is 6.24. The van der Waals surface area contributed by atoms with Crippen LogP contribution < -0.4 is 17.3 Å². The van der Waals surface area contributed by atoms with Crippen LogP contribution in [0.1, 0.15) is 19.4 Å². The summed E-state index contributed by atoms with van der Waals surface area (Å²) in [5.41, 5.74) is 1.10. The number of hydrogen-bond acceptors (Lipinski definition) is 1. The van der Waals surface area contributed by atoms with E-state index in [-0.39, 0.29) is 12.4 Å². The Kier molecular flexibility index (Phi) is 6.21. The molecular formula is C15H20ClNO. The molecule has 1 aromatic rings. The standard InChI is InChI=1S/C15H19NO.ClH/c1-13-11-17-12-14(2)16(13)10-6-9-15-7-4-3-5-8-15;/h3-5,7-8,13-14H,10-12H2,1-2H3;1H/t13-,14-;/m0./s1. The molecule has 1 saturated heterocycles. The second-order valence-electron chi connectivity index (χ2n) is 4.76. The molecule has 1 fully saturated rings. The molecule has 1 aromatic carbocycles. The molecule has 1 aliphatic heterocycles. The van der Waals surface area contributed by atoms with Gasteiger partial charge < -0.3 is 22.0 Å². The number of morpholine rings is 1. The van der Waals surface area contributed by atoms with Gasteiger partial charge in [-0.1, -0.05) is 24.1 Å². The fourth-order valence-corrected chi connectivity index (χ4v) is 2.24. The normalized spacial score (nSPS) is 23.7. The Morgan fingerprint density at radius 3 is 2.39 bits per heavy atom. The van der Waals surface area contributed by atoms with E-state index in [9.17, 15) is 0 Å². The molecular weight excluding hydrogens is 246 g/mol. The van der Waals surface area contributed by atoms with Crippen LogP contribution in [-0.4, -0.2) is 31.8 Å². The first-order valence-corrected chi connectivity index (χ1v) is 6.24. The average molecular weight is 266 g/mol. The van der Waals surface area contributed by atoms with E-state index in [1.54, 1.807) is 4.90 Å². The minimum Gasteiger partial charge on any atom is -1.00 e. The zero-order valence-electron chi connectivity index (χ0n) is 10.9. The quantitative estimate of drug-likeness (QED) is 0.566. The summed E-state index contributed by atoms with van der Waals surface area (Å²) in [5, 5.41) is 0. The van der Waals surface area contributed by atoms with E-state index in [2.05, 4.69) is 37.8 Å². The minimum atomic E-state index is 0. The number of hydrogen-bond donors (Lipinski definition) is 1. The maximum Gasteiger partial charge on any atom is 0.140 e. The third-order valence-corrected chi connectivity index (χ3v) is 3.30. The van der Waals surface area contributed by atoms with Gasteiger partial charge in [-0.25, -0.2) is 0 Å². The Morgan fingerprint density at radius 1 is 1.17 bits per heavy atom. The number of benzene rings is 1. The Balaban J connectivity index is 0.00000162. The van der Waals surface area contributed by atoms with Crippen molar-refractivity contribution < 1.29 is 22.0 Å². The Bertz CT molecular complexity index is 399. The molecule has 0 unspecified atom stereocenters. The summed E-state index contributed by atoms with van der Waals surface area (Å²) < 4.78 is 5.52. The lowest BCUT2D eigenvalue weighted by Gasteiger charge is -2.34. The highest BCUT2D eigenvalue weighted by molar-refractivity contribution is 5.33. The van der Waals surface area contributed by atoms with Crippen LogP contribution in [0.25, 0.3) is 0 Å². The molecule has 0 aromatic heterocycles. The van der Waals surface area contributed by atoms with Crippen LogP contribution >= 0.6 is 0 Å². The lowest BCUT2D eigenvalue weighted by molar-refractivity contribution is -0.948. The Labute approximate surface area is 116 Å². The summed E-state index contributed by atoms with van der Waals surface area (Å²) in [6, 6.07) is 11.3. The molecule has 0 aliphatic carbocycles. The summed E-state index contributed by atoms with van der Waals surface area (Å²) in [6.45, 7) is 7.07. The van der Waals surface area contributed by atoms with Crippen molar-refractivity contribution in [3.8, 4) is 11.8 Å². The fourth-order valence-electron chi connectivity index (χ4n) is 2.24. The monoisotopic (exact) mass is 265 g/mol. The third-order valence-electron chi connectivity index (χ3n) is 3.30. The van der Waals surface area contributed by atoms with E-state index in [1.807, 2.05) is 18.2 Å². The molecule has 2 rings (SSSR count). The molecule has 0 amide bonds. The topological polar surface area (TPSA) is 13.7 Å². The van der Waals surface area contributed by atoms with Crippen molar-refractivity contribution in [3.05, 3.63) is 35.9 Å². The van der Waals surface area contributed by atoms with Crippen molar-refractivity contribution in [2.24, 2.45) is 0 Å². The maximum atomic E-state index is 5.52. The molecule has 0 spiro atoms. The SMILES string of the molecule is C[C@H]1COC[C@H](C)[NH+]1CC#Cc1ccccc1.[Cl-]. The van der Waals surface area contributed by atoms with Gasteiger partial charge in [0.15, 0.2) is 0 Å². The second-order valence-corrected chi connectivity index (χ2v) is 4.76. The van der Waals surface area contributed by atoms with Gasteiger partial charge in [0.2, 0.25) is 0 Å². The number of rotatable bonds is 1. The van der Waals surface area contributed by atoms with Gasteiger partial charge >= 0.3 is 0 Å². The van der Waals surface area contributed by atoms with Gasteiger partial charge in [-0.3, -0.25) is 0 Å². The van der Waals surface area contributed by atoms with E-state index in [4.69, 9.17) is 4.74 Å². The smallest absolute Gasteiger partial charge is 0.140 e. The largest absolute Gasteiger partial charge is 1.00 e. The summed E-state index contributed by atoms with van der Waals surface area (Å²) in [5.74, 6) is 6.51. The second kappa shape index (κ2) is 7.43. The van der Waals surface area contributed by atoms with Gasteiger partial charge in [-0.15, -0.1) is 0 Å². The van der Waals surface area contributed by atoms with Gasteiger partial charge in [-0.2, -0.15) is 0 Å². The summed E-state index contributed by atoms with van der Waals surface area (Å²) >= 11 is 0. The van der Waals surface area contributed by atoms with E-state index in [0.29, 0.717) is 12.1 Å². The number of halogens is 1. The van der Waals surface area contributed by atoms with Crippen molar-refractivity contribution in [2.45, 2.75) is 25.9 Å². The van der Waals surface area contributed by atoms with Crippen LogP contribution in [0, 0.1) is 11.8 Å². The van der Waals surface area contributed by atoms with Crippen molar-refractivity contribution in [1.29, 1.82) is 0 Å². The predicted octanol–water partition coefficient (Wildman–Crippen LogP) is -2.27. The van der Waals surface area contributed by atoms with Crippen LogP contribution in [0.4, 0.5) is 0 Å². The van der Waals surface area contributed by atoms with Crippen LogP contribution in [0.3, 0.4) is 0 Å². The molecule has 3 heteroatoms. The molecule has 18 heavy (non-hydrogen) atoms. The first kappa shape index (κ1) is 15.0. The fraction of sp³-hybridized carbons (Fsp3) is 0.467. The molecule has 98 valence electrons. The zero-order valence-corrected chi connectivity index (χ0v) is 11.7. The molecule has 0 saturated carbocycles. The third kappa shape index (κ3) is 4.03. The highest BCUT2D eigenvalue weighted by Gasteiger charge is 2.27. The molecule has 0 radical (unpaired) electrons. The highest BCUT2D eigenvalue weighted by atomic mass is 35.5. The molecule has 1 aliphatic rings. The highest BCUT2D eigenvalue weighted by Crippen LogP contribution is 1.95. The number of quaternary nitrogens is 1. The van der Waals surface area contributed by atoms with E-state index in [0.717, 1.165) is 25.3 Å². The van der Waals surface area contributed by atoms with Gasteiger partial charge in [-0.05, 0) is 31.9 Å². The van der Waals surface area contributed by atoms with E-state index < -0.39 is 0 Å². The van der Waals surface area contributed by atoms with Gasteiger partial charge in [0.1, 0.15) is 18.6 Å². The Morgan fingerprint density at radius 2 is 1.78 bits per heavy atom. The van der Waals surface area contributed by atoms with E-state index in [1.165, 1.54) is 0 Å². The zero-order chi connectivity index (χ0) is 12.1. The maximum absolute atomic E-state index is 5.52. The van der Waals surface area contributed by atoms with Crippen LogP contribution in [-0.2, 0) is 4.74 Å². The lowest BCUT2D eigenvalue weighted by atomic mass is 10.1. The van der Waals surface area contributed by atoms with Gasteiger partial charge in [0.25, 0.3) is 0 Å². The predicted molar refractivity (Wildman–Crippen MR) is 68.9 cm³/mol. The summed E-state index contributed by atoms with van der Waals surface area (Å²) in [6.07, 6.45) is 0. The van der Waals surface area contributed by atoms with Crippen molar-refractivity contribution in [3.63, 3.8) is 0 Å². The van der Waals surface area contributed by atoms with Gasteiger partial charge in [0.05, 0.1) is 13.2 Å². The molecule has 2 nitrogen and oxygen atoms in total. The van der Waals surface area contributed by atoms with Crippen LogP contribution in [0.15, 0.2) is 30.3 Å². The molecule has 0 bridgehead atoms. The van der Waals surface area contributed by atoms with E-state index >= 15 is 0 Å². The molecule has 2 atom stereocenters. The van der Waals surface area contributed by atoms with Crippen LogP contribution in [0.2, 0.25) is 0 Å². The van der Waals surface area contributed by atoms with Crippen molar-refractivity contribution in [2.75, 3.05) is 19.8 Å². The number of nitrogens with one attached hydrogen (secondary N) is 1. The van der Waals surface area contributed by atoms with Crippen molar-refractivity contribution >= 4 is 0 Å². The number of ether oxygens (including phenoxy) is 1. The Hall–Kier alpha value is -1.01. The van der Waals surface area contributed by atoms with Crippen LogP contribution in [0.5, 0.6) is 0 Å². The van der Waals surface area contributed by atoms with Gasteiger partial charge in [0, 0.05) is 5.56 Å². The molecule has 1 N–H and O–H groups in total. The first-order chi connectivity index (χ1) is 8.27. The lowest BCUT2D eigenvalue weighted by Crippen LogP contribution is -3.20. The van der Waals surface area contributed by atoms with Crippen molar-refractivity contribution in [1.82, 2.24) is 0 Å².